The van der Waals surface area contributed by atoms with Crippen molar-refractivity contribution in [1.29, 1.82) is 0 Å². The number of benzene rings is 1. The zero-order valence-corrected chi connectivity index (χ0v) is 21.5. The van der Waals surface area contributed by atoms with E-state index in [1.165, 1.54) is 0 Å². The third-order valence-corrected chi connectivity index (χ3v) is 7.31. The summed E-state index contributed by atoms with van der Waals surface area (Å²) in [6.45, 7) is 3.92. The molecule has 12 heteroatoms. The van der Waals surface area contributed by atoms with Crippen LogP contribution in [0.3, 0.4) is 0 Å². The average Bonchev–Trinajstić information content (AvgIpc) is 3.52. The standard InChI is InChI=1S/C25H29N7O4S/c1-30(2)8-9-36-21-11-19(10-20-22(33)29-25(35)37-20)26-23(28-21)31-12-16-14-32(15-17(16)13-31)24(34)27-18-6-4-3-5-7-18/h3-7,10-11,16-17H,8-9,12-15H2,1-2H3,(H,27,34)(H,29,33,35)/b20-10-. The number of hydrogen-bond donors (Lipinski definition) is 2. The van der Waals surface area contributed by atoms with Gasteiger partial charge >= 0.3 is 6.03 Å². The zero-order chi connectivity index (χ0) is 25.9. The number of hydrogen-bond acceptors (Lipinski definition) is 9. The molecule has 2 N–H and O–H groups in total. The predicted molar refractivity (Wildman–Crippen MR) is 141 cm³/mol. The van der Waals surface area contributed by atoms with Crippen molar-refractivity contribution >= 4 is 46.7 Å². The summed E-state index contributed by atoms with van der Waals surface area (Å²) in [5, 5.41) is 4.82. The lowest BCUT2D eigenvalue weighted by Crippen LogP contribution is -2.36. The molecule has 37 heavy (non-hydrogen) atoms. The lowest BCUT2D eigenvalue weighted by Gasteiger charge is -2.22. The minimum absolute atomic E-state index is 0.0875. The third-order valence-electron chi connectivity index (χ3n) is 6.50. The average molecular weight is 524 g/mol. The molecule has 3 fully saturated rings. The number of urea groups is 1. The summed E-state index contributed by atoms with van der Waals surface area (Å²) >= 11 is 0.848. The number of carbonyl (C=O) groups is 3. The number of carbonyl (C=O) groups excluding carboxylic acids is 3. The first-order valence-electron chi connectivity index (χ1n) is 12.1. The van der Waals surface area contributed by atoms with Crippen molar-refractivity contribution in [1.82, 2.24) is 25.1 Å². The fourth-order valence-corrected chi connectivity index (χ4v) is 5.32. The van der Waals surface area contributed by atoms with E-state index in [1.54, 1.807) is 12.1 Å². The van der Waals surface area contributed by atoms with Crippen LogP contribution in [-0.2, 0) is 4.79 Å². The Morgan fingerprint density at radius 1 is 1.16 bits per heavy atom. The minimum atomic E-state index is -0.435. The molecule has 0 saturated carbocycles. The van der Waals surface area contributed by atoms with Crippen molar-refractivity contribution in [3.05, 3.63) is 47.0 Å². The van der Waals surface area contributed by atoms with Gasteiger partial charge in [-0.3, -0.25) is 14.9 Å². The Morgan fingerprint density at radius 3 is 2.54 bits per heavy atom. The molecule has 4 amide bonds. The van der Waals surface area contributed by atoms with Crippen molar-refractivity contribution in [2.75, 3.05) is 63.6 Å². The molecule has 1 aromatic carbocycles. The van der Waals surface area contributed by atoms with E-state index >= 15 is 0 Å². The highest BCUT2D eigenvalue weighted by Gasteiger charge is 2.42. The lowest BCUT2D eigenvalue weighted by molar-refractivity contribution is -0.115. The topological polar surface area (TPSA) is 120 Å². The first-order chi connectivity index (χ1) is 17.8. The number of rotatable bonds is 7. The summed E-state index contributed by atoms with van der Waals surface area (Å²) < 4.78 is 5.89. The van der Waals surface area contributed by atoms with Crippen molar-refractivity contribution in [2.45, 2.75) is 0 Å². The number of para-hydroxylation sites is 1. The van der Waals surface area contributed by atoms with Gasteiger partial charge in [-0.25, -0.2) is 9.78 Å². The molecule has 5 rings (SSSR count). The molecule has 3 aliphatic rings. The van der Waals surface area contributed by atoms with Gasteiger partial charge in [0.1, 0.15) is 6.61 Å². The second-order valence-electron chi connectivity index (χ2n) is 9.56. The second-order valence-corrected chi connectivity index (χ2v) is 10.6. The maximum atomic E-state index is 12.7. The number of aromatic nitrogens is 2. The van der Waals surface area contributed by atoms with Gasteiger partial charge in [0.2, 0.25) is 11.8 Å². The Balaban J connectivity index is 1.28. The Kier molecular flexibility index (Phi) is 7.28. The summed E-state index contributed by atoms with van der Waals surface area (Å²) in [5.41, 5.74) is 1.28. The zero-order valence-electron chi connectivity index (χ0n) is 20.7. The van der Waals surface area contributed by atoms with Crippen molar-refractivity contribution in [3.63, 3.8) is 0 Å². The number of imide groups is 1. The molecule has 0 radical (unpaired) electrons. The monoisotopic (exact) mass is 523 g/mol. The van der Waals surface area contributed by atoms with E-state index in [-0.39, 0.29) is 10.9 Å². The molecular weight excluding hydrogens is 494 g/mol. The number of nitrogens with one attached hydrogen (secondary N) is 2. The molecule has 0 aliphatic carbocycles. The number of nitrogens with zero attached hydrogens (tertiary/aromatic N) is 5. The highest BCUT2D eigenvalue weighted by atomic mass is 32.2. The number of thioether (sulfide) groups is 1. The molecule has 2 unspecified atom stereocenters. The normalized spacial score (nSPS) is 22.1. The van der Waals surface area contributed by atoms with E-state index in [0.29, 0.717) is 62.1 Å². The molecule has 2 atom stereocenters. The van der Waals surface area contributed by atoms with E-state index in [1.807, 2.05) is 54.2 Å². The van der Waals surface area contributed by atoms with Crippen LogP contribution in [0.2, 0.25) is 0 Å². The first-order valence-corrected chi connectivity index (χ1v) is 12.9. The SMILES string of the molecule is CN(C)CCOc1cc(/C=C2\SC(=O)NC2=O)nc(N2CC3CN(C(=O)Nc4ccccc4)CC3C2)n1. The number of amides is 4. The van der Waals surface area contributed by atoms with E-state index < -0.39 is 11.1 Å². The van der Waals surface area contributed by atoms with Gasteiger partial charge in [-0.05, 0) is 44.1 Å². The molecular formula is C25H29N7O4S. The van der Waals surface area contributed by atoms with Crippen LogP contribution >= 0.6 is 11.8 Å². The van der Waals surface area contributed by atoms with E-state index in [4.69, 9.17) is 4.74 Å². The van der Waals surface area contributed by atoms with E-state index in [0.717, 1.165) is 24.0 Å². The molecule has 2 aromatic rings. The molecule has 3 saturated heterocycles. The van der Waals surface area contributed by atoms with Gasteiger partial charge < -0.3 is 24.8 Å². The quantitative estimate of drug-likeness (QED) is 0.527. The number of likely N-dealkylation sites (N-methyl/N-ethyl adjacent to an activating group) is 1. The summed E-state index contributed by atoms with van der Waals surface area (Å²) in [4.78, 5) is 51.9. The molecule has 4 heterocycles. The van der Waals surface area contributed by atoms with Crippen LogP contribution in [0.15, 0.2) is 41.3 Å². The van der Waals surface area contributed by atoms with Gasteiger partial charge in [-0.2, -0.15) is 4.98 Å². The molecule has 194 valence electrons. The lowest BCUT2D eigenvalue weighted by atomic mass is 10.0. The minimum Gasteiger partial charge on any atom is -0.476 e. The number of fused-ring (bicyclic) bond motifs is 1. The Hall–Kier alpha value is -3.64. The van der Waals surface area contributed by atoms with Crippen LogP contribution in [0.25, 0.3) is 6.08 Å². The summed E-state index contributed by atoms with van der Waals surface area (Å²) in [6.07, 6.45) is 1.58. The fraction of sp³-hybridized carbons (Fsp3) is 0.400. The van der Waals surface area contributed by atoms with Crippen LogP contribution in [-0.4, -0.2) is 90.4 Å². The summed E-state index contributed by atoms with van der Waals surface area (Å²) in [5.74, 6) is 1.10. The first kappa shape index (κ1) is 25.0. The smallest absolute Gasteiger partial charge is 0.321 e. The number of ether oxygens (including phenoxy) is 1. The van der Waals surface area contributed by atoms with E-state index in [2.05, 4.69) is 25.5 Å². The molecule has 1 aromatic heterocycles. The summed E-state index contributed by atoms with van der Waals surface area (Å²) in [6, 6.07) is 11.0. The van der Waals surface area contributed by atoms with Gasteiger partial charge in [-0.1, -0.05) is 18.2 Å². The number of anilines is 2. The highest BCUT2D eigenvalue weighted by molar-refractivity contribution is 8.18. The van der Waals surface area contributed by atoms with Gasteiger partial charge in [0.15, 0.2) is 0 Å². The van der Waals surface area contributed by atoms with Gasteiger partial charge in [0.25, 0.3) is 11.1 Å². The van der Waals surface area contributed by atoms with Crippen LogP contribution < -0.4 is 20.3 Å². The second kappa shape index (κ2) is 10.8. The maximum absolute atomic E-state index is 12.7. The molecule has 0 bridgehead atoms. The molecule has 0 spiro atoms. The Labute approximate surface area is 219 Å². The van der Waals surface area contributed by atoms with Crippen LogP contribution in [0.4, 0.5) is 21.2 Å². The van der Waals surface area contributed by atoms with Crippen molar-refractivity contribution in [3.8, 4) is 5.88 Å². The van der Waals surface area contributed by atoms with Crippen molar-refractivity contribution in [2.24, 2.45) is 11.8 Å². The Morgan fingerprint density at radius 2 is 1.89 bits per heavy atom. The largest absolute Gasteiger partial charge is 0.476 e. The Bertz CT molecular complexity index is 1210. The molecule has 3 aliphatic heterocycles. The van der Waals surface area contributed by atoms with Gasteiger partial charge in [0.05, 0.1) is 10.6 Å². The predicted octanol–water partition coefficient (Wildman–Crippen LogP) is 2.34. The van der Waals surface area contributed by atoms with Crippen molar-refractivity contribution < 1.29 is 19.1 Å². The van der Waals surface area contributed by atoms with Crippen LogP contribution in [0.5, 0.6) is 5.88 Å². The summed E-state index contributed by atoms with van der Waals surface area (Å²) in [7, 11) is 3.92. The maximum Gasteiger partial charge on any atom is 0.321 e. The van der Waals surface area contributed by atoms with Gasteiger partial charge in [-0.15, -0.1) is 0 Å². The van der Waals surface area contributed by atoms with Crippen LogP contribution in [0.1, 0.15) is 5.69 Å². The van der Waals surface area contributed by atoms with E-state index in [9.17, 15) is 14.4 Å². The highest BCUT2D eigenvalue weighted by Crippen LogP contribution is 2.34. The third kappa shape index (κ3) is 6.03. The van der Waals surface area contributed by atoms with Gasteiger partial charge in [0, 0.05) is 56.3 Å². The fourth-order valence-electron chi connectivity index (χ4n) is 4.65. The van der Waals surface area contributed by atoms with Crippen LogP contribution in [0, 0.1) is 11.8 Å². The number of likely N-dealkylation sites (tertiary alicyclic amines) is 1. The molecule has 11 nitrogen and oxygen atoms in total.